The summed E-state index contributed by atoms with van der Waals surface area (Å²) in [4.78, 5) is 12.0. The molecule has 2 aromatic carbocycles. The highest BCUT2D eigenvalue weighted by Gasteiger charge is 2.30. The zero-order valence-corrected chi connectivity index (χ0v) is 11.8. The third-order valence-corrected chi connectivity index (χ3v) is 3.55. The van der Waals surface area contributed by atoms with Gasteiger partial charge < -0.3 is 5.32 Å². The lowest BCUT2D eigenvalue weighted by molar-refractivity contribution is -0.137. The number of alkyl halides is 3. The number of anilines is 1. The summed E-state index contributed by atoms with van der Waals surface area (Å²) in [5.74, 6) is -0.308. The first-order valence-electron chi connectivity index (χ1n) is 6.35. The van der Waals surface area contributed by atoms with Gasteiger partial charge in [-0.2, -0.15) is 13.2 Å². The summed E-state index contributed by atoms with van der Waals surface area (Å²) in [5, 5.41) is 3.17. The summed E-state index contributed by atoms with van der Waals surface area (Å²) in [6.07, 6.45) is -2.82. The second-order valence-electron chi connectivity index (χ2n) is 4.82. The molecule has 1 amide bonds. The molecule has 0 aromatic heterocycles. The van der Waals surface area contributed by atoms with Gasteiger partial charge in [0.1, 0.15) is 0 Å². The number of amides is 1. The number of hydrogen-bond donors (Lipinski definition) is 1. The van der Waals surface area contributed by atoms with Gasteiger partial charge in [-0.3, -0.25) is 4.79 Å². The van der Waals surface area contributed by atoms with Gasteiger partial charge in [0.05, 0.1) is 11.3 Å². The molecule has 0 atom stereocenters. The van der Waals surface area contributed by atoms with E-state index >= 15 is 0 Å². The standard InChI is InChI=1S/C16H9ClF3NO/c17-11-5-6-12-13(15(22)21-14(12)8-11)7-9-1-3-10(4-2-9)16(18,19)20/h1-8H,(H,21,22). The van der Waals surface area contributed by atoms with E-state index in [0.29, 0.717) is 27.4 Å². The van der Waals surface area contributed by atoms with Crippen molar-refractivity contribution >= 4 is 34.8 Å². The van der Waals surface area contributed by atoms with Crippen molar-refractivity contribution in [3.8, 4) is 0 Å². The van der Waals surface area contributed by atoms with Crippen molar-refractivity contribution in [1.29, 1.82) is 0 Å². The normalized spacial score (nSPS) is 15.8. The molecular formula is C16H9ClF3NO. The van der Waals surface area contributed by atoms with Gasteiger partial charge in [0.2, 0.25) is 0 Å². The molecule has 0 bridgehead atoms. The summed E-state index contributed by atoms with van der Waals surface area (Å²) in [5.41, 5.74) is 1.45. The topological polar surface area (TPSA) is 29.1 Å². The fourth-order valence-corrected chi connectivity index (χ4v) is 2.42. The smallest absolute Gasteiger partial charge is 0.321 e. The lowest BCUT2D eigenvalue weighted by atomic mass is 10.0. The maximum absolute atomic E-state index is 12.5. The lowest BCUT2D eigenvalue weighted by Gasteiger charge is -2.06. The molecule has 0 saturated carbocycles. The van der Waals surface area contributed by atoms with Crippen LogP contribution in [0.25, 0.3) is 11.6 Å². The molecule has 0 fully saturated rings. The Balaban J connectivity index is 1.98. The van der Waals surface area contributed by atoms with Crippen LogP contribution in [0.2, 0.25) is 5.02 Å². The zero-order chi connectivity index (χ0) is 15.9. The van der Waals surface area contributed by atoms with E-state index in [1.165, 1.54) is 12.1 Å². The second-order valence-corrected chi connectivity index (χ2v) is 5.26. The fraction of sp³-hybridized carbons (Fsp3) is 0.0625. The average molecular weight is 324 g/mol. The minimum absolute atomic E-state index is 0.308. The maximum Gasteiger partial charge on any atom is 0.416 e. The summed E-state index contributed by atoms with van der Waals surface area (Å²) in [6, 6.07) is 9.62. The van der Waals surface area contributed by atoms with Gasteiger partial charge in [-0.1, -0.05) is 29.8 Å². The van der Waals surface area contributed by atoms with E-state index < -0.39 is 11.7 Å². The van der Waals surface area contributed by atoms with Gasteiger partial charge in [-0.25, -0.2) is 0 Å². The predicted octanol–water partition coefficient (Wildman–Crippen LogP) is 4.85. The van der Waals surface area contributed by atoms with Crippen LogP contribution in [-0.4, -0.2) is 5.91 Å². The molecule has 0 radical (unpaired) electrons. The molecule has 6 heteroatoms. The van der Waals surface area contributed by atoms with E-state index in [0.717, 1.165) is 12.1 Å². The molecule has 0 saturated heterocycles. The van der Waals surface area contributed by atoms with Crippen LogP contribution in [0.3, 0.4) is 0 Å². The molecule has 1 aliphatic heterocycles. The monoisotopic (exact) mass is 323 g/mol. The van der Waals surface area contributed by atoms with Crippen molar-refractivity contribution in [2.24, 2.45) is 0 Å². The molecule has 22 heavy (non-hydrogen) atoms. The van der Waals surface area contributed by atoms with E-state index in [-0.39, 0.29) is 5.91 Å². The molecule has 112 valence electrons. The lowest BCUT2D eigenvalue weighted by Crippen LogP contribution is -2.04. The van der Waals surface area contributed by atoms with Crippen molar-refractivity contribution in [3.05, 3.63) is 64.2 Å². The first-order valence-corrected chi connectivity index (χ1v) is 6.72. The molecule has 2 aromatic rings. The van der Waals surface area contributed by atoms with Crippen molar-refractivity contribution in [1.82, 2.24) is 0 Å². The number of benzene rings is 2. The molecule has 2 nitrogen and oxygen atoms in total. The molecule has 0 aliphatic carbocycles. The van der Waals surface area contributed by atoms with Crippen LogP contribution in [0.1, 0.15) is 16.7 Å². The van der Waals surface area contributed by atoms with Gasteiger partial charge in [-0.15, -0.1) is 0 Å². The van der Waals surface area contributed by atoms with Crippen LogP contribution in [0.15, 0.2) is 42.5 Å². The quantitative estimate of drug-likeness (QED) is 0.747. The number of hydrogen-bond acceptors (Lipinski definition) is 1. The van der Waals surface area contributed by atoms with E-state index in [2.05, 4.69) is 5.32 Å². The van der Waals surface area contributed by atoms with Crippen molar-refractivity contribution < 1.29 is 18.0 Å². The van der Waals surface area contributed by atoms with Crippen molar-refractivity contribution in [2.75, 3.05) is 5.32 Å². The third kappa shape index (κ3) is 2.72. The number of nitrogens with one attached hydrogen (secondary N) is 1. The molecule has 1 N–H and O–H groups in total. The van der Waals surface area contributed by atoms with Crippen LogP contribution < -0.4 is 5.32 Å². The Morgan fingerprint density at radius 1 is 1.05 bits per heavy atom. The minimum atomic E-state index is -4.38. The predicted molar refractivity (Wildman–Crippen MR) is 79.4 cm³/mol. The minimum Gasteiger partial charge on any atom is -0.321 e. The Kier molecular flexibility index (Phi) is 3.45. The van der Waals surface area contributed by atoms with Gasteiger partial charge in [0, 0.05) is 16.2 Å². The van der Waals surface area contributed by atoms with E-state index in [1.807, 2.05) is 0 Å². The Morgan fingerprint density at radius 3 is 2.36 bits per heavy atom. The Labute approximate surface area is 129 Å². The molecular weight excluding hydrogens is 315 g/mol. The number of rotatable bonds is 1. The van der Waals surface area contributed by atoms with Crippen molar-refractivity contribution in [2.45, 2.75) is 6.18 Å². The van der Waals surface area contributed by atoms with Crippen LogP contribution in [0.5, 0.6) is 0 Å². The van der Waals surface area contributed by atoms with Gasteiger partial charge in [0.25, 0.3) is 5.91 Å². The Morgan fingerprint density at radius 2 is 1.73 bits per heavy atom. The zero-order valence-electron chi connectivity index (χ0n) is 11.0. The van der Waals surface area contributed by atoms with Gasteiger partial charge in [0.15, 0.2) is 0 Å². The summed E-state index contributed by atoms with van der Waals surface area (Å²) >= 11 is 5.86. The SMILES string of the molecule is O=C1Nc2cc(Cl)ccc2C1=Cc1ccc(C(F)(F)F)cc1. The highest BCUT2D eigenvalue weighted by Crippen LogP contribution is 2.35. The number of halogens is 4. The number of carbonyl (C=O) groups is 1. The number of carbonyl (C=O) groups excluding carboxylic acids is 1. The van der Waals surface area contributed by atoms with Gasteiger partial charge >= 0.3 is 6.18 Å². The summed E-state index contributed by atoms with van der Waals surface area (Å²) in [6.45, 7) is 0. The largest absolute Gasteiger partial charge is 0.416 e. The van der Waals surface area contributed by atoms with E-state index in [1.54, 1.807) is 24.3 Å². The van der Waals surface area contributed by atoms with Crippen LogP contribution in [0.4, 0.5) is 18.9 Å². The van der Waals surface area contributed by atoms with Crippen LogP contribution in [0, 0.1) is 0 Å². The van der Waals surface area contributed by atoms with Crippen LogP contribution in [-0.2, 0) is 11.0 Å². The van der Waals surface area contributed by atoms with E-state index in [4.69, 9.17) is 11.6 Å². The third-order valence-electron chi connectivity index (χ3n) is 3.31. The second kappa shape index (κ2) is 5.18. The van der Waals surface area contributed by atoms with Crippen molar-refractivity contribution in [3.63, 3.8) is 0 Å². The first kappa shape index (κ1) is 14.7. The fourth-order valence-electron chi connectivity index (χ4n) is 2.25. The average Bonchev–Trinajstić information content (AvgIpc) is 2.74. The first-order chi connectivity index (χ1) is 10.3. The molecule has 1 heterocycles. The molecule has 3 rings (SSSR count). The highest BCUT2D eigenvalue weighted by molar-refractivity contribution is 6.36. The highest BCUT2D eigenvalue weighted by atomic mass is 35.5. The molecule has 0 unspecified atom stereocenters. The Bertz CT molecular complexity index is 779. The van der Waals surface area contributed by atoms with E-state index in [9.17, 15) is 18.0 Å². The van der Waals surface area contributed by atoms with Gasteiger partial charge in [-0.05, 0) is 35.9 Å². The summed E-state index contributed by atoms with van der Waals surface area (Å²) < 4.78 is 37.6. The van der Waals surface area contributed by atoms with Crippen LogP contribution >= 0.6 is 11.6 Å². The summed E-state index contributed by atoms with van der Waals surface area (Å²) in [7, 11) is 0. The maximum atomic E-state index is 12.5. The molecule has 1 aliphatic rings. The Hall–Kier alpha value is -2.27. The molecule has 0 spiro atoms. The number of fused-ring (bicyclic) bond motifs is 1.